The first-order valence-electron chi connectivity index (χ1n) is 6.58. The SMILES string of the molecule is CCOc1ccc(-c2cc(C(C)C)nc(N)n2)cc1F. The van der Waals surface area contributed by atoms with Gasteiger partial charge in [-0.3, -0.25) is 0 Å². The Morgan fingerprint density at radius 3 is 2.60 bits per heavy atom. The Labute approximate surface area is 117 Å². The summed E-state index contributed by atoms with van der Waals surface area (Å²) >= 11 is 0. The summed E-state index contributed by atoms with van der Waals surface area (Å²) in [4.78, 5) is 8.34. The minimum Gasteiger partial charge on any atom is -0.491 e. The van der Waals surface area contributed by atoms with Crippen molar-refractivity contribution >= 4 is 5.95 Å². The predicted molar refractivity (Wildman–Crippen MR) is 77.1 cm³/mol. The average Bonchev–Trinajstić information content (AvgIpc) is 2.40. The first-order valence-corrected chi connectivity index (χ1v) is 6.58. The summed E-state index contributed by atoms with van der Waals surface area (Å²) < 4.78 is 19.1. The molecule has 0 aliphatic carbocycles. The molecule has 0 bridgehead atoms. The minimum absolute atomic E-state index is 0.195. The van der Waals surface area contributed by atoms with Gasteiger partial charge in [-0.2, -0.15) is 0 Å². The fourth-order valence-corrected chi connectivity index (χ4v) is 1.86. The van der Waals surface area contributed by atoms with E-state index in [9.17, 15) is 4.39 Å². The van der Waals surface area contributed by atoms with Crippen LogP contribution in [0.2, 0.25) is 0 Å². The molecule has 0 atom stereocenters. The quantitative estimate of drug-likeness (QED) is 0.929. The fourth-order valence-electron chi connectivity index (χ4n) is 1.86. The second-order valence-electron chi connectivity index (χ2n) is 4.77. The van der Waals surface area contributed by atoms with Crippen molar-refractivity contribution in [3.8, 4) is 17.0 Å². The van der Waals surface area contributed by atoms with E-state index in [1.165, 1.54) is 6.07 Å². The molecule has 0 fully saturated rings. The molecule has 0 amide bonds. The third-order valence-electron chi connectivity index (χ3n) is 2.88. The number of hydrogen-bond donors (Lipinski definition) is 1. The molecule has 4 nitrogen and oxygen atoms in total. The second-order valence-corrected chi connectivity index (χ2v) is 4.77. The summed E-state index contributed by atoms with van der Waals surface area (Å²) in [6.45, 7) is 6.27. The van der Waals surface area contributed by atoms with Crippen LogP contribution in [0, 0.1) is 5.82 Å². The highest BCUT2D eigenvalue weighted by molar-refractivity contribution is 5.62. The van der Waals surface area contributed by atoms with Gasteiger partial charge in [0.15, 0.2) is 11.6 Å². The average molecular weight is 275 g/mol. The molecule has 0 spiro atoms. The number of anilines is 1. The summed E-state index contributed by atoms with van der Waals surface area (Å²) in [5.41, 5.74) is 7.81. The van der Waals surface area contributed by atoms with E-state index in [1.807, 2.05) is 26.8 Å². The molecular weight excluding hydrogens is 257 g/mol. The Morgan fingerprint density at radius 2 is 2.00 bits per heavy atom. The summed E-state index contributed by atoms with van der Waals surface area (Å²) in [5.74, 6) is 0.252. The minimum atomic E-state index is -0.410. The molecule has 0 saturated heterocycles. The maximum Gasteiger partial charge on any atom is 0.220 e. The van der Waals surface area contributed by atoms with Gasteiger partial charge in [-0.25, -0.2) is 14.4 Å². The lowest BCUT2D eigenvalue weighted by molar-refractivity contribution is 0.321. The van der Waals surface area contributed by atoms with Gasteiger partial charge >= 0.3 is 0 Å². The van der Waals surface area contributed by atoms with E-state index in [-0.39, 0.29) is 17.6 Å². The number of benzene rings is 1. The molecule has 0 aliphatic heterocycles. The molecule has 1 aromatic carbocycles. The molecular formula is C15H18FN3O. The smallest absolute Gasteiger partial charge is 0.220 e. The van der Waals surface area contributed by atoms with Crippen molar-refractivity contribution in [2.75, 3.05) is 12.3 Å². The zero-order valence-corrected chi connectivity index (χ0v) is 11.9. The summed E-state index contributed by atoms with van der Waals surface area (Å²) in [6.07, 6.45) is 0. The van der Waals surface area contributed by atoms with Gasteiger partial charge in [0.1, 0.15) is 0 Å². The Hall–Kier alpha value is -2.17. The molecule has 0 saturated carbocycles. The molecule has 0 unspecified atom stereocenters. The van der Waals surface area contributed by atoms with Crippen molar-refractivity contribution in [1.29, 1.82) is 0 Å². The van der Waals surface area contributed by atoms with Crippen molar-refractivity contribution in [3.63, 3.8) is 0 Å². The van der Waals surface area contributed by atoms with E-state index in [0.717, 1.165) is 5.69 Å². The van der Waals surface area contributed by atoms with E-state index in [2.05, 4.69) is 9.97 Å². The Morgan fingerprint density at radius 1 is 1.25 bits per heavy atom. The van der Waals surface area contributed by atoms with Gasteiger partial charge in [0.2, 0.25) is 5.95 Å². The maximum absolute atomic E-state index is 13.9. The van der Waals surface area contributed by atoms with Crippen LogP contribution >= 0.6 is 0 Å². The molecule has 0 aliphatic rings. The number of rotatable bonds is 4. The molecule has 5 heteroatoms. The van der Waals surface area contributed by atoms with Crippen LogP contribution in [-0.4, -0.2) is 16.6 Å². The van der Waals surface area contributed by atoms with Crippen LogP contribution in [0.25, 0.3) is 11.3 Å². The standard InChI is InChI=1S/C15H18FN3O/c1-4-20-14-6-5-10(7-11(14)16)13-8-12(9(2)3)18-15(17)19-13/h5-9H,4H2,1-3H3,(H2,17,18,19). The number of nitrogen functional groups attached to an aromatic ring is 1. The topological polar surface area (TPSA) is 61.0 Å². The maximum atomic E-state index is 13.9. The van der Waals surface area contributed by atoms with Crippen LogP contribution in [0.3, 0.4) is 0 Å². The van der Waals surface area contributed by atoms with Gasteiger partial charge in [0, 0.05) is 11.3 Å². The number of aromatic nitrogens is 2. The Bertz CT molecular complexity index is 614. The molecule has 2 rings (SSSR count). The van der Waals surface area contributed by atoms with Crippen LogP contribution < -0.4 is 10.5 Å². The largest absolute Gasteiger partial charge is 0.491 e. The van der Waals surface area contributed by atoms with Gasteiger partial charge in [0.05, 0.1) is 12.3 Å². The van der Waals surface area contributed by atoms with Crippen LogP contribution in [0.15, 0.2) is 24.3 Å². The van der Waals surface area contributed by atoms with Crippen molar-refractivity contribution in [2.24, 2.45) is 0 Å². The van der Waals surface area contributed by atoms with Gasteiger partial charge in [0.25, 0.3) is 0 Å². The second kappa shape index (κ2) is 5.86. The molecule has 2 aromatic rings. The fraction of sp³-hybridized carbons (Fsp3) is 0.333. The van der Waals surface area contributed by atoms with Crippen molar-refractivity contribution in [1.82, 2.24) is 9.97 Å². The number of nitrogens with two attached hydrogens (primary N) is 1. The monoisotopic (exact) mass is 275 g/mol. The van der Waals surface area contributed by atoms with E-state index in [4.69, 9.17) is 10.5 Å². The van der Waals surface area contributed by atoms with E-state index >= 15 is 0 Å². The Balaban J connectivity index is 2.43. The molecule has 106 valence electrons. The number of ether oxygens (including phenoxy) is 1. The zero-order valence-electron chi connectivity index (χ0n) is 11.9. The van der Waals surface area contributed by atoms with Gasteiger partial charge in [-0.15, -0.1) is 0 Å². The van der Waals surface area contributed by atoms with Crippen LogP contribution in [0.4, 0.5) is 10.3 Å². The molecule has 1 aromatic heterocycles. The normalized spacial score (nSPS) is 10.8. The molecule has 0 radical (unpaired) electrons. The predicted octanol–water partition coefficient (Wildman–Crippen LogP) is 3.39. The molecule has 2 N–H and O–H groups in total. The van der Waals surface area contributed by atoms with Crippen molar-refractivity contribution in [2.45, 2.75) is 26.7 Å². The number of nitrogens with zero attached hydrogens (tertiary/aromatic N) is 2. The highest BCUT2D eigenvalue weighted by atomic mass is 19.1. The van der Waals surface area contributed by atoms with E-state index in [1.54, 1.807) is 12.1 Å². The summed E-state index contributed by atoms with van der Waals surface area (Å²) in [5, 5.41) is 0. The number of hydrogen-bond acceptors (Lipinski definition) is 4. The van der Waals surface area contributed by atoms with E-state index in [0.29, 0.717) is 17.9 Å². The highest BCUT2D eigenvalue weighted by Crippen LogP contribution is 2.26. The third-order valence-corrected chi connectivity index (χ3v) is 2.88. The summed E-state index contributed by atoms with van der Waals surface area (Å²) in [6, 6.07) is 6.59. The van der Waals surface area contributed by atoms with Crippen LogP contribution in [-0.2, 0) is 0 Å². The van der Waals surface area contributed by atoms with Crippen LogP contribution in [0.5, 0.6) is 5.75 Å². The highest BCUT2D eigenvalue weighted by Gasteiger charge is 2.10. The van der Waals surface area contributed by atoms with Crippen molar-refractivity contribution in [3.05, 3.63) is 35.8 Å². The van der Waals surface area contributed by atoms with Crippen LogP contribution in [0.1, 0.15) is 32.4 Å². The summed E-state index contributed by atoms with van der Waals surface area (Å²) in [7, 11) is 0. The zero-order chi connectivity index (χ0) is 14.7. The van der Waals surface area contributed by atoms with Gasteiger partial charge in [-0.05, 0) is 37.1 Å². The molecule has 1 heterocycles. The van der Waals surface area contributed by atoms with E-state index < -0.39 is 5.82 Å². The van der Waals surface area contributed by atoms with Gasteiger partial charge < -0.3 is 10.5 Å². The molecule has 20 heavy (non-hydrogen) atoms. The lowest BCUT2D eigenvalue weighted by atomic mass is 10.1. The van der Waals surface area contributed by atoms with Crippen molar-refractivity contribution < 1.29 is 9.13 Å². The first kappa shape index (κ1) is 14.2. The first-order chi connectivity index (χ1) is 9.51. The van der Waals surface area contributed by atoms with Gasteiger partial charge in [-0.1, -0.05) is 13.8 Å². The third kappa shape index (κ3) is 3.04. The lowest BCUT2D eigenvalue weighted by Crippen LogP contribution is -2.02. The Kier molecular flexibility index (Phi) is 4.17. The number of halogens is 1. The lowest BCUT2D eigenvalue weighted by Gasteiger charge is -2.10.